The quantitative estimate of drug-likeness (QED) is 0.775. The number of hydrogen-bond acceptors (Lipinski definition) is 2. The molecule has 0 N–H and O–H groups in total. The molecule has 0 spiro atoms. The second kappa shape index (κ2) is 6.11. The van der Waals surface area contributed by atoms with Crippen molar-refractivity contribution in [3.8, 4) is 0 Å². The van der Waals surface area contributed by atoms with Crippen molar-refractivity contribution in [1.29, 1.82) is 0 Å². The van der Waals surface area contributed by atoms with Crippen LogP contribution in [0.1, 0.15) is 27.3 Å². The molecular weight excluding hydrogens is 254 g/mol. The Hall–Kier alpha value is -1.48. The Morgan fingerprint density at radius 1 is 1.21 bits per heavy atom. The lowest BCUT2D eigenvalue weighted by Gasteiger charge is -2.08. The fourth-order valence-corrected chi connectivity index (χ4v) is 2.67. The monoisotopic (exact) mass is 273 g/mol. The van der Waals surface area contributed by atoms with Gasteiger partial charge in [-0.25, -0.2) is 0 Å². The normalized spacial score (nSPS) is 10.7. The summed E-state index contributed by atoms with van der Waals surface area (Å²) in [6, 6.07) is 11.5. The molecule has 2 nitrogen and oxygen atoms in total. The largest absolute Gasteiger partial charge is 0.348 e. The van der Waals surface area contributed by atoms with Crippen molar-refractivity contribution in [3.05, 3.63) is 58.9 Å². The average Bonchev–Trinajstić information content (AvgIpc) is 2.72. The summed E-state index contributed by atoms with van der Waals surface area (Å²) in [6.45, 7) is 5.06. The molecule has 1 aromatic carbocycles. The molecule has 0 bridgehead atoms. The Morgan fingerprint density at radius 2 is 1.89 bits per heavy atom. The predicted molar refractivity (Wildman–Crippen MR) is 82.2 cm³/mol. The molecule has 19 heavy (non-hydrogen) atoms. The molecule has 0 aliphatic rings. The van der Waals surface area contributed by atoms with Crippen molar-refractivity contribution in [3.63, 3.8) is 0 Å². The van der Waals surface area contributed by atoms with Gasteiger partial charge in [-0.15, -0.1) is 0 Å². The predicted octanol–water partition coefficient (Wildman–Crippen LogP) is 3.70. The van der Waals surface area contributed by atoms with E-state index in [0.29, 0.717) is 0 Å². The third-order valence-electron chi connectivity index (χ3n) is 3.37. The zero-order chi connectivity index (χ0) is 13.8. The van der Waals surface area contributed by atoms with Crippen LogP contribution in [0.4, 0.5) is 0 Å². The lowest BCUT2D eigenvalue weighted by Crippen LogP contribution is -2.07. The number of thioether (sulfide) groups is 1. The van der Waals surface area contributed by atoms with Crippen LogP contribution in [0.3, 0.4) is 0 Å². The van der Waals surface area contributed by atoms with E-state index in [9.17, 15) is 4.79 Å². The highest BCUT2D eigenvalue weighted by atomic mass is 32.2. The molecule has 1 heterocycles. The molecule has 0 fully saturated rings. The van der Waals surface area contributed by atoms with Crippen LogP contribution in [-0.2, 0) is 6.54 Å². The number of ketones is 1. The van der Waals surface area contributed by atoms with E-state index < -0.39 is 0 Å². The molecule has 0 aliphatic carbocycles. The van der Waals surface area contributed by atoms with Gasteiger partial charge in [0.25, 0.3) is 0 Å². The third kappa shape index (κ3) is 2.92. The smallest absolute Gasteiger partial charge is 0.194 e. The summed E-state index contributed by atoms with van der Waals surface area (Å²) in [7, 11) is 0. The summed E-state index contributed by atoms with van der Waals surface area (Å²) in [5.74, 6) is 1.18. The maximum atomic E-state index is 12.5. The second-order valence-electron chi connectivity index (χ2n) is 4.62. The molecule has 3 heteroatoms. The van der Waals surface area contributed by atoms with Crippen LogP contribution in [0.25, 0.3) is 0 Å². The first kappa shape index (κ1) is 13.9. The molecule has 0 unspecified atom stereocenters. The standard InChI is InChI=1S/C16H19NOS/c1-12-11-15(13(2)17(12)9-10-19-3)16(18)14-7-5-4-6-8-14/h4-8,11H,9-10H2,1-3H3. The first-order valence-corrected chi connectivity index (χ1v) is 7.80. The molecule has 0 atom stereocenters. The summed E-state index contributed by atoms with van der Waals surface area (Å²) >= 11 is 1.82. The number of aromatic nitrogens is 1. The van der Waals surface area contributed by atoms with E-state index in [1.54, 1.807) is 0 Å². The Bertz CT molecular complexity index is 572. The van der Waals surface area contributed by atoms with E-state index in [2.05, 4.69) is 17.7 Å². The van der Waals surface area contributed by atoms with Gasteiger partial charge in [0.15, 0.2) is 5.78 Å². The molecule has 1 aromatic heterocycles. The molecule has 100 valence electrons. The molecule has 0 saturated heterocycles. The minimum atomic E-state index is 0.115. The van der Waals surface area contributed by atoms with Gasteiger partial charge in [-0.1, -0.05) is 30.3 Å². The topological polar surface area (TPSA) is 22.0 Å². The zero-order valence-corrected chi connectivity index (χ0v) is 12.5. The van der Waals surface area contributed by atoms with Crippen LogP contribution in [0.15, 0.2) is 36.4 Å². The maximum Gasteiger partial charge on any atom is 0.194 e. The number of carbonyl (C=O) groups excluding carboxylic acids is 1. The summed E-state index contributed by atoms with van der Waals surface area (Å²) in [5, 5.41) is 0. The van der Waals surface area contributed by atoms with E-state index in [4.69, 9.17) is 0 Å². The summed E-state index contributed by atoms with van der Waals surface area (Å²) in [5.41, 5.74) is 3.81. The highest BCUT2D eigenvalue weighted by molar-refractivity contribution is 7.98. The number of aryl methyl sites for hydroxylation is 1. The van der Waals surface area contributed by atoms with Gasteiger partial charge < -0.3 is 4.57 Å². The van der Waals surface area contributed by atoms with Gasteiger partial charge in [0, 0.05) is 34.8 Å². The van der Waals surface area contributed by atoms with Crippen LogP contribution < -0.4 is 0 Å². The Morgan fingerprint density at radius 3 is 2.53 bits per heavy atom. The van der Waals surface area contributed by atoms with Crippen molar-refractivity contribution >= 4 is 17.5 Å². The average molecular weight is 273 g/mol. The summed E-state index contributed by atoms with van der Waals surface area (Å²) in [4.78, 5) is 12.5. The van der Waals surface area contributed by atoms with Crippen LogP contribution in [0.5, 0.6) is 0 Å². The SMILES string of the molecule is CSCCn1c(C)cc(C(=O)c2ccccc2)c1C. The minimum Gasteiger partial charge on any atom is -0.348 e. The fraction of sp³-hybridized carbons (Fsp3) is 0.312. The van der Waals surface area contributed by atoms with Crippen LogP contribution in [-0.4, -0.2) is 22.4 Å². The van der Waals surface area contributed by atoms with Gasteiger partial charge in [0.1, 0.15) is 0 Å². The van der Waals surface area contributed by atoms with Gasteiger partial charge in [-0.2, -0.15) is 11.8 Å². The summed E-state index contributed by atoms with van der Waals surface area (Å²) in [6.07, 6.45) is 2.10. The lowest BCUT2D eigenvalue weighted by molar-refractivity contribution is 0.103. The highest BCUT2D eigenvalue weighted by Crippen LogP contribution is 2.19. The number of rotatable bonds is 5. The minimum absolute atomic E-state index is 0.115. The third-order valence-corrected chi connectivity index (χ3v) is 3.96. The van der Waals surface area contributed by atoms with Crippen molar-refractivity contribution in [2.24, 2.45) is 0 Å². The molecule has 2 aromatic rings. The number of hydrogen-bond donors (Lipinski definition) is 0. The van der Waals surface area contributed by atoms with Gasteiger partial charge in [0.2, 0.25) is 0 Å². The van der Waals surface area contributed by atoms with Gasteiger partial charge in [-0.3, -0.25) is 4.79 Å². The van der Waals surface area contributed by atoms with Gasteiger partial charge in [-0.05, 0) is 26.2 Å². The van der Waals surface area contributed by atoms with Crippen molar-refractivity contribution < 1.29 is 4.79 Å². The molecule has 2 rings (SSSR count). The molecule has 0 saturated carbocycles. The number of benzene rings is 1. The molecule has 0 amide bonds. The van der Waals surface area contributed by atoms with Crippen molar-refractivity contribution in [1.82, 2.24) is 4.57 Å². The van der Waals surface area contributed by atoms with E-state index in [0.717, 1.165) is 34.8 Å². The zero-order valence-electron chi connectivity index (χ0n) is 11.6. The fourth-order valence-electron chi connectivity index (χ4n) is 2.30. The first-order valence-electron chi connectivity index (χ1n) is 6.40. The highest BCUT2D eigenvalue weighted by Gasteiger charge is 2.16. The Labute approximate surface area is 118 Å². The molecule has 0 aliphatic heterocycles. The number of nitrogens with zero attached hydrogens (tertiary/aromatic N) is 1. The first-order chi connectivity index (χ1) is 9.15. The van der Waals surface area contributed by atoms with Gasteiger partial charge >= 0.3 is 0 Å². The maximum absolute atomic E-state index is 12.5. The van der Waals surface area contributed by atoms with Crippen molar-refractivity contribution in [2.45, 2.75) is 20.4 Å². The van der Waals surface area contributed by atoms with E-state index in [1.807, 2.05) is 55.1 Å². The molecule has 0 radical (unpaired) electrons. The Kier molecular flexibility index (Phi) is 4.48. The summed E-state index contributed by atoms with van der Waals surface area (Å²) < 4.78 is 2.23. The van der Waals surface area contributed by atoms with E-state index >= 15 is 0 Å². The second-order valence-corrected chi connectivity index (χ2v) is 5.61. The van der Waals surface area contributed by atoms with E-state index in [-0.39, 0.29) is 5.78 Å². The van der Waals surface area contributed by atoms with Crippen LogP contribution >= 0.6 is 11.8 Å². The van der Waals surface area contributed by atoms with Crippen molar-refractivity contribution in [2.75, 3.05) is 12.0 Å². The Balaban J connectivity index is 2.33. The molecular formula is C16H19NOS. The van der Waals surface area contributed by atoms with E-state index in [1.165, 1.54) is 0 Å². The van der Waals surface area contributed by atoms with Crippen LogP contribution in [0.2, 0.25) is 0 Å². The lowest BCUT2D eigenvalue weighted by atomic mass is 10.0. The number of carbonyl (C=O) groups is 1. The van der Waals surface area contributed by atoms with Crippen LogP contribution in [0, 0.1) is 13.8 Å². The van der Waals surface area contributed by atoms with Gasteiger partial charge in [0.05, 0.1) is 0 Å².